The Labute approximate surface area is 118 Å². The SMILES string of the molecule is CN(C)[C@H]1CCN(C(=O)Cc2cccs2)CC[C@@H]1O. The fraction of sp³-hybridized carbons (Fsp3) is 0.643. The highest BCUT2D eigenvalue weighted by atomic mass is 32.1. The van der Waals surface area contributed by atoms with E-state index in [0.29, 0.717) is 19.4 Å². The van der Waals surface area contributed by atoms with Crippen molar-refractivity contribution in [2.24, 2.45) is 0 Å². The van der Waals surface area contributed by atoms with Crippen LogP contribution >= 0.6 is 11.3 Å². The summed E-state index contributed by atoms with van der Waals surface area (Å²) in [7, 11) is 3.97. The molecule has 0 aliphatic carbocycles. The van der Waals surface area contributed by atoms with Crippen LogP contribution in [0.2, 0.25) is 0 Å². The van der Waals surface area contributed by atoms with Crippen molar-refractivity contribution in [3.05, 3.63) is 22.4 Å². The van der Waals surface area contributed by atoms with Crippen LogP contribution in [-0.4, -0.2) is 60.1 Å². The van der Waals surface area contributed by atoms with Crippen LogP contribution in [0.15, 0.2) is 17.5 Å². The number of aliphatic hydroxyl groups excluding tert-OH is 1. The van der Waals surface area contributed by atoms with Crippen molar-refractivity contribution < 1.29 is 9.90 Å². The summed E-state index contributed by atoms with van der Waals surface area (Å²) in [5.41, 5.74) is 0. The van der Waals surface area contributed by atoms with Gasteiger partial charge in [-0.2, -0.15) is 0 Å². The van der Waals surface area contributed by atoms with Gasteiger partial charge in [0, 0.05) is 24.0 Å². The van der Waals surface area contributed by atoms with Crippen molar-refractivity contribution in [2.75, 3.05) is 27.2 Å². The van der Waals surface area contributed by atoms with Gasteiger partial charge in [-0.3, -0.25) is 4.79 Å². The summed E-state index contributed by atoms with van der Waals surface area (Å²) in [4.78, 5) is 17.3. The molecule has 106 valence electrons. The minimum atomic E-state index is -0.338. The van der Waals surface area contributed by atoms with Crippen LogP contribution in [-0.2, 0) is 11.2 Å². The molecule has 0 unspecified atom stereocenters. The van der Waals surface area contributed by atoms with E-state index >= 15 is 0 Å². The molecule has 0 bridgehead atoms. The lowest BCUT2D eigenvalue weighted by Gasteiger charge is -2.26. The zero-order valence-corrected chi connectivity index (χ0v) is 12.4. The molecule has 1 aromatic rings. The maximum Gasteiger partial charge on any atom is 0.227 e. The summed E-state index contributed by atoms with van der Waals surface area (Å²) in [5, 5.41) is 12.1. The first-order chi connectivity index (χ1) is 9.08. The second-order valence-corrected chi connectivity index (χ2v) is 6.34. The maximum absolute atomic E-state index is 12.2. The Morgan fingerprint density at radius 1 is 1.47 bits per heavy atom. The van der Waals surface area contributed by atoms with Gasteiger partial charge in [0.1, 0.15) is 0 Å². The van der Waals surface area contributed by atoms with E-state index in [2.05, 4.69) is 4.90 Å². The number of amides is 1. The van der Waals surface area contributed by atoms with Gasteiger partial charge in [-0.15, -0.1) is 11.3 Å². The first-order valence-electron chi connectivity index (χ1n) is 6.72. The molecule has 1 saturated heterocycles. The zero-order chi connectivity index (χ0) is 13.8. The maximum atomic E-state index is 12.2. The number of hydrogen-bond donors (Lipinski definition) is 1. The number of hydrogen-bond acceptors (Lipinski definition) is 4. The number of carbonyl (C=O) groups excluding carboxylic acids is 1. The van der Waals surface area contributed by atoms with Gasteiger partial charge >= 0.3 is 0 Å². The van der Waals surface area contributed by atoms with Crippen LogP contribution in [0.3, 0.4) is 0 Å². The van der Waals surface area contributed by atoms with E-state index in [1.165, 1.54) is 0 Å². The highest BCUT2D eigenvalue weighted by molar-refractivity contribution is 7.10. The summed E-state index contributed by atoms with van der Waals surface area (Å²) >= 11 is 1.62. The number of nitrogens with zero attached hydrogens (tertiary/aromatic N) is 2. The minimum Gasteiger partial charge on any atom is -0.391 e. The molecule has 2 heterocycles. The largest absolute Gasteiger partial charge is 0.391 e. The van der Waals surface area contributed by atoms with Crippen molar-refractivity contribution in [2.45, 2.75) is 31.4 Å². The lowest BCUT2D eigenvalue weighted by atomic mass is 10.1. The first kappa shape index (κ1) is 14.5. The van der Waals surface area contributed by atoms with Gasteiger partial charge in [0.2, 0.25) is 5.91 Å². The molecule has 0 radical (unpaired) electrons. The third-order valence-corrected chi connectivity index (χ3v) is 4.63. The van der Waals surface area contributed by atoms with E-state index in [-0.39, 0.29) is 18.1 Å². The van der Waals surface area contributed by atoms with E-state index in [4.69, 9.17) is 0 Å². The van der Waals surface area contributed by atoms with Gasteiger partial charge in [0.05, 0.1) is 12.5 Å². The number of aliphatic hydroxyl groups is 1. The Bertz CT molecular complexity index is 406. The van der Waals surface area contributed by atoms with Gasteiger partial charge in [-0.1, -0.05) is 6.07 Å². The fourth-order valence-corrected chi connectivity index (χ4v) is 3.29. The quantitative estimate of drug-likeness (QED) is 0.906. The summed E-state index contributed by atoms with van der Waals surface area (Å²) in [6.45, 7) is 1.40. The molecular weight excluding hydrogens is 260 g/mol. The van der Waals surface area contributed by atoms with E-state index in [1.54, 1.807) is 11.3 Å². The summed E-state index contributed by atoms with van der Waals surface area (Å²) < 4.78 is 0. The number of thiophene rings is 1. The summed E-state index contributed by atoms with van der Waals surface area (Å²) in [5.74, 6) is 0.175. The molecule has 2 rings (SSSR count). The lowest BCUT2D eigenvalue weighted by Crippen LogP contribution is -2.38. The van der Waals surface area contributed by atoms with Crippen molar-refractivity contribution in [1.82, 2.24) is 9.80 Å². The Kier molecular flexibility index (Phi) is 4.96. The van der Waals surface area contributed by atoms with Gasteiger partial charge in [-0.05, 0) is 38.4 Å². The molecule has 0 spiro atoms. The molecule has 1 aliphatic heterocycles. The van der Waals surface area contributed by atoms with Crippen molar-refractivity contribution in [3.63, 3.8) is 0 Å². The third-order valence-electron chi connectivity index (χ3n) is 3.76. The highest BCUT2D eigenvalue weighted by Gasteiger charge is 2.28. The molecule has 1 aliphatic rings. The van der Waals surface area contributed by atoms with Crippen LogP contribution in [0, 0.1) is 0 Å². The molecule has 0 saturated carbocycles. The molecule has 1 fully saturated rings. The molecule has 0 aromatic carbocycles. The van der Waals surface area contributed by atoms with Crippen molar-refractivity contribution >= 4 is 17.2 Å². The van der Waals surface area contributed by atoms with Gasteiger partial charge in [0.25, 0.3) is 0 Å². The summed E-state index contributed by atoms with van der Waals surface area (Å²) in [6.07, 6.45) is 1.65. The molecule has 2 atom stereocenters. The number of likely N-dealkylation sites (N-methyl/N-ethyl adjacent to an activating group) is 1. The van der Waals surface area contributed by atoms with Gasteiger partial charge < -0.3 is 14.9 Å². The van der Waals surface area contributed by atoms with Crippen molar-refractivity contribution in [1.29, 1.82) is 0 Å². The molecule has 19 heavy (non-hydrogen) atoms. The topological polar surface area (TPSA) is 43.8 Å². The Balaban J connectivity index is 1.93. The van der Waals surface area contributed by atoms with Crippen LogP contribution in [0.5, 0.6) is 0 Å². The second-order valence-electron chi connectivity index (χ2n) is 5.31. The van der Waals surface area contributed by atoms with Gasteiger partial charge in [0.15, 0.2) is 0 Å². The summed E-state index contributed by atoms with van der Waals surface area (Å²) in [6, 6.07) is 4.12. The predicted octanol–water partition coefficient (Wildman–Crippen LogP) is 1.20. The van der Waals surface area contributed by atoms with Crippen LogP contribution in [0.1, 0.15) is 17.7 Å². The average Bonchev–Trinajstić information content (AvgIpc) is 2.77. The molecule has 4 nitrogen and oxygen atoms in total. The highest BCUT2D eigenvalue weighted by Crippen LogP contribution is 2.17. The minimum absolute atomic E-state index is 0.152. The van der Waals surface area contributed by atoms with Gasteiger partial charge in [-0.25, -0.2) is 0 Å². The lowest BCUT2D eigenvalue weighted by molar-refractivity contribution is -0.130. The monoisotopic (exact) mass is 282 g/mol. The van der Waals surface area contributed by atoms with E-state index in [9.17, 15) is 9.90 Å². The first-order valence-corrected chi connectivity index (χ1v) is 7.60. The molecule has 5 heteroatoms. The Morgan fingerprint density at radius 2 is 2.21 bits per heavy atom. The fourth-order valence-electron chi connectivity index (χ4n) is 2.60. The predicted molar refractivity (Wildman–Crippen MR) is 77.3 cm³/mol. The number of carbonyl (C=O) groups is 1. The number of rotatable bonds is 3. The van der Waals surface area contributed by atoms with E-state index < -0.39 is 0 Å². The Hall–Kier alpha value is -0.910. The third kappa shape index (κ3) is 3.78. The van der Waals surface area contributed by atoms with Crippen LogP contribution in [0.4, 0.5) is 0 Å². The molecule has 1 N–H and O–H groups in total. The zero-order valence-electron chi connectivity index (χ0n) is 11.6. The molecule has 1 aromatic heterocycles. The van der Waals surface area contributed by atoms with Crippen LogP contribution in [0.25, 0.3) is 0 Å². The van der Waals surface area contributed by atoms with Crippen LogP contribution < -0.4 is 0 Å². The molecular formula is C14H22N2O2S. The number of likely N-dealkylation sites (tertiary alicyclic amines) is 1. The smallest absolute Gasteiger partial charge is 0.227 e. The normalized spacial score (nSPS) is 24.5. The Morgan fingerprint density at radius 3 is 2.84 bits per heavy atom. The van der Waals surface area contributed by atoms with E-state index in [1.807, 2.05) is 36.5 Å². The standard InChI is InChI=1S/C14H22N2O2S/c1-15(2)12-5-7-16(8-6-13(12)17)14(18)10-11-4-3-9-19-11/h3-4,9,12-13,17H,5-8,10H2,1-2H3/t12-,13-/m0/s1. The van der Waals surface area contributed by atoms with E-state index in [0.717, 1.165) is 17.8 Å². The molecule has 1 amide bonds. The second kappa shape index (κ2) is 6.50. The average molecular weight is 282 g/mol. The van der Waals surface area contributed by atoms with Crippen molar-refractivity contribution in [3.8, 4) is 0 Å².